The molecule has 3 aromatic rings. The normalized spacial score (nSPS) is 14.2. The number of benzene rings is 2. The first-order valence-electron chi connectivity index (χ1n) is 11.1. The summed E-state index contributed by atoms with van der Waals surface area (Å²) in [7, 11) is 0. The van der Waals surface area contributed by atoms with Gasteiger partial charge in [0.25, 0.3) is 5.95 Å². The molecule has 1 fully saturated rings. The van der Waals surface area contributed by atoms with Crippen molar-refractivity contribution in [2.75, 3.05) is 36.4 Å². The van der Waals surface area contributed by atoms with E-state index in [2.05, 4.69) is 47.5 Å². The Bertz CT molecular complexity index is 1100. The number of aromatic nitrogens is 2. The second-order valence-electron chi connectivity index (χ2n) is 8.14. The molecule has 2 aromatic carbocycles. The molecule has 0 spiro atoms. The zero-order chi connectivity index (χ0) is 23.2. The Kier molecular flexibility index (Phi) is 6.83. The van der Waals surface area contributed by atoms with Gasteiger partial charge in [0.1, 0.15) is 0 Å². The summed E-state index contributed by atoms with van der Waals surface area (Å²) in [6.45, 7) is 8.88. The van der Waals surface area contributed by atoms with Crippen molar-refractivity contribution in [3.05, 3.63) is 77.6 Å². The number of hydrogen-bond acceptors (Lipinski definition) is 5. The summed E-state index contributed by atoms with van der Waals surface area (Å²) >= 11 is 0. The van der Waals surface area contributed by atoms with Gasteiger partial charge in [-0.3, -0.25) is 5.32 Å². The van der Waals surface area contributed by atoms with Crippen LogP contribution in [0.15, 0.2) is 65.7 Å². The van der Waals surface area contributed by atoms with E-state index in [9.17, 15) is 4.79 Å². The SMILES string of the molecule is Cc1ccc(NC(=O)N/C(=N/c2nc(C)cc(C)n2)N2CCN(c3ccccc3)CC2)cc1. The Morgan fingerprint density at radius 3 is 2.15 bits per heavy atom. The van der Waals surface area contributed by atoms with E-state index >= 15 is 0 Å². The van der Waals surface area contributed by atoms with Gasteiger partial charge in [0.15, 0.2) is 0 Å². The Morgan fingerprint density at radius 1 is 0.879 bits per heavy atom. The number of aliphatic imine (C=N–C) groups is 1. The van der Waals surface area contributed by atoms with Crippen molar-refractivity contribution in [1.29, 1.82) is 0 Å². The number of guanidine groups is 1. The number of aryl methyl sites for hydroxylation is 3. The van der Waals surface area contributed by atoms with E-state index in [4.69, 9.17) is 0 Å². The number of anilines is 2. The fourth-order valence-electron chi connectivity index (χ4n) is 3.75. The quantitative estimate of drug-likeness (QED) is 0.471. The lowest BCUT2D eigenvalue weighted by Gasteiger charge is -2.37. The maximum atomic E-state index is 12.8. The van der Waals surface area contributed by atoms with Gasteiger partial charge in [-0.2, -0.15) is 4.99 Å². The molecule has 2 N–H and O–H groups in total. The van der Waals surface area contributed by atoms with Crippen molar-refractivity contribution in [3.63, 3.8) is 0 Å². The number of urea groups is 1. The van der Waals surface area contributed by atoms with Crippen LogP contribution in [0.1, 0.15) is 17.0 Å². The monoisotopic (exact) mass is 443 g/mol. The van der Waals surface area contributed by atoms with Gasteiger partial charge in [0, 0.05) is 48.9 Å². The Hall–Kier alpha value is -3.94. The Labute approximate surface area is 194 Å². The number of amides is 2. The van der Waals surface area contributed by atoms with Gasteiger partial charge in [0.05, 0.1) is 0 Å². The fraction of sp³-hybridized carbons (Fsp3) is 0.280. The molecule has 170 valence electrons. The predicted octanol–water partition coefficient (Wildman–Crippen LogP) is 4.03. The van der Waals surface area contributed by atoms with Crippen LogP contribution in [0.2, 0.25) is 0 Å². The van der Waals surface area contributed by atoms with Gasteiger partial charge >= 0.3 is 6.03 Å². The molecule has 0 radical (unpaired) electrons. The average molecular weight is 444 g/mol. The van der Waals surface area contributed by atoms with Crippen LogP contribution in [-0.4, -0.2) is 53.0 Å². The summed E-state index contributed by atoms with van der Waals surface area (Å²) in [6.07, 6.45) is 0. The number of hydrogen-bond donors (Lipinski definition) is 2. The third kappa shape index (κ3) is 6.06. The second kappa shape index (κ2) is 10.1. The first-order chi connectivity index (χ1) is 16.0. The van der Waals surface area contributed by atoms with Crippen molar-refractivity contribution in [2.45, 2.75) is 20.8 Å². The minimum atomic E-state index is -0.354. The summed E-state index contributed by atoms with van der Waals surface area (Å²) in [5, 5.41) is 5.79. The molecular formula is C25H29N7O. The van der Waals surface area contributed by atoms with Gasteiger partial charge in [-0.25, -0.2) is 14.8 Å². The van der Waals surface area contributed by atoms with Crippen molar-refractivity contribution in [2.24, 2.45) is 4.99 Å². The zero-order valence-corrected chi connectivity index (χ0v) is 19.2. The Morgan fingerprint density at radius 2 is 1.52 bits per heavy atom. The van der Waals surface area contributed by atoms with Crippen molar-refractivity contribution >= 4 is 29.3 Å². The lowest BCUT2D eigenvalue weighted by Crippen LogP contribution is -2.54. The van der Waals surface area contributed by atoms with E-state index in [0.29, 0.717) is 30.7 Å². The second-order valence-corrected chi connectivity index (χ2v) is 8.14. The number of rotatable bonds is 3. The largest absolute Gasteiger partial charge is 0.368 e. The smallest absolute Gasteiger partial charge is 0.326 e. The molecule has 4 rings (SSSR count). The van der Waals surface area contributed by atoms with Crippen LogP contribution in [0.3, 0.4) is 0 Å². The van der Waals surface area contributed by atoms with Gasteiger partial charge in [0.2, 0.25) is 5.96 Å². The van der Waals surface area contributed by atoms with E-state index in [0.717, 1.165) is 30.0 Å². The molecule has 1 aromatic heterocycles. The molecule has 0 bridgehead atoms. The molecule has 2 amide bonds. The fourth-order valence-corrected chi connectivity index (χ4v) is 3.75. The molecule has 0 aliphatic carbocycles. The van der Waals surface area contributed by atoms with Gasteiger partial charge in [-0.15, -0.1) is 0 Å². The van der Waals surface area contributed by atoms with Crippen LogP contribution in [0, 0.1) is 20.8 Å². The first kappa shape index (κ1) is 22.3. The highest BCUT2D eigenvalue weighted by Gasteiger charge is 2.22. The first-order valence-corrected chi connectivity index (χ1v) is 11.1. The third-order valence-electron chi connectivity index (χ3n) is 5.41. The van der Waals surface area contributed by atoms with Crippen molar-refractivity contribution in [1.82, 2.24) is 20.2 Å². The maximum Gasteiger partial charge on any atom is 0.326 e. The topological polar surface area (TPSA) is 85.7 Å². The number of carbonyl (C=O) groups is 1. The van der Waals surface area contributed by atoms with Crippen LogP contribution in [0.5, 0.6) is 0 Å². The molecule has 0 unspecified atom stereocenters. The molecule has 0 saturated carbocycles. The molecule has 1 aliphatic heterocycles. The molecule has 8 heteroatoms. The van der Waals surface area contributed by atoms with E-state index in [-0.39, 0.29) is 6.03 Å². The lowest BCUT2D eigenvalue weighted by atomic mass is 10.2. The molecule has 0 atom stereocenters. The van der Waals surface area contributed by atoms with E-state index in [1.165, 1.54) is 5.69 Å². The van der Waals surface area contributed by atoms with Gasteiger partial charge in [-0.05, 0) is 51.1 Å². The molecule has 1 saturated heterocycles. The molecule has 8 nitrogen and oxygen atoms in total. The van der Waals surface area contributed by atoms with Gasteiger partial charge < -0.3 is 15.1 Å². The molecule has 1 aliphatic rings. The summed E-state index contributed by atoms with van der Waals surface area (Å²) in [5.41, 5.74) is 4.70. The van der Waals surface area contributed by atoms with E-state index in [1.807, 2.05) is 69.3 Å². The average Bonchev–Trinajstić information content (AvgIpc) is 2.80. The molecule has 33 heavy (non-hydrogen) atoms. The summed E-state index contributed by atoms with van der Waals surface area (Å²) < 4.78 is 0. The van der Waals surface area contributed by atoms with E-state index in [1.54, 1.807) is 0 Å². The zero-order valence-electron chi connectivity index (χ0n) is 19.2. The highest BCUT2D eigenvalue weighted by atomic mass is 16.2. The minimum Gasteiger partial charge on any atom is -0.368 e. The highest BCUT2D eigenvalue weighted by molar-refractivity contribution is 6.03. The maximum absolute atomic E-state index is 12.8. The van der Waals surface area contributed by atoms with E-state index < -0.39 is 0 Å². The van der Waals surface area contributed by atoms with Crippen LogP contribution >= 0.6 is 0 Å². The summed E-state index contributed by atoms with van der Waals surface area (Å²) in [5.74, 6) is 0.779. The van der Waals surface area contributed by atoms with Crippen LogP contribution in [0.4, 0.5) is 22.1 Å². The number of carbonyl (C=O) groups excluding carboxylic acids is 1. The van der Waals surface area contributed by atoms with Crippen LogP contribution in [0.25, 0.3) is 0 Å². The Balaban J connectivity index is 1.52. The summed E-state index contributed by atoms with van der Waals surface area (Å²) in [6, 6.07) is 19.5. The number of nitrogens with one attached hydrogen (secondary N) is 2. The number of para-hydroxylation sites is 1. The van der Waals surface area contributed by atoms with Crippen molar-refractivity contribution < 1.29 is 4.79 Å². The highest BCUT2D eigenvalue weighted by Crippen LogP contribution is 2.17. The molecule has 2 heterocycles. The van der Waals surface area contributed by atoms with Gasteiger partial charge in [-0.1, -0.05) is 35.9 Å². The van der Waals surface area contributed by atoms with Crippen LogP contribution < -0.4 is 15.5 Å². The number of nitrogens with zero attached hydrogens (tertiary/aromatic N) is 5. The summed E-state index contributed by atoms with van der Waals surface area (Å²) in [4.78, 5) is 30.6. The minimum absolute atomic E-state index is 0.337. The number of piperazine rings is 1. The van der Waals surface area contributed by atoms with Crippen LogP contribution in [-0.2, 0) is 0 Å². The lowest BCUT2D eigenvalue weighted by molar-refractivity contribution is 0.254. The molecular weight excluding hydrogens is 414 g/mol. The van der Waals surface area contributed by atoms with Crippen molar-refractivity contribution in [3.8, 4) is 0 Å². The predicted molar refractivity (Wildman–Crippen MR) is 132 cm³/mol. The third-order valence-corrected chi connectivity index (χ3v) is 5.41. The standard InChI is InChI=1S/C25H29N7O/c1-18-9-11-21(12-10-18)28-25(33)30-24(29-23-26-19(2)17-20(3)27-23)32-15-13-31(14-16-32)22-7-5-4-6-8-22/h4-12,17H,13-16H2,1-3H3,(H2,26,27,28,29,30,33).